The number of terminal acetylenes is 1. The molecule has 4 heteroatoms. The van der Waals surface area contributed by atoms with Crippen molar-refractivity contribution in [3.05, 3.63) is 23.8 Å². The molecule has 0 aromatic heterocycles. The molecular formula is C17H21NO3. The van der Waals surface area contributed by atoms with Gasteiger partial charge in [0.1, 0.15) is 11.4 Å². The minimum atomic E-state index is -0.543. The Morgan fingerprint density at radius 3 is 2.52 bits per heavy atom. The monoisotopic (exact) mass is 287 g/mol. The lowest BCUT2D eigenvalue weighted by atomic mass is 9.96. The normalized spacial score (nSPS) is 15.8. The number of rotatable bonds is 3. The maximum atomic E-state index is 11.8. The minimum Gasteiger partial charge on any atom is -0.495 e. The van der Waals surface area contributed by atoms with E-state index in [1.54, 1.807) is 13.2 Å². The van der Waals surface area contributed by atoms with Crippen LogP contribution in [0.2, 0.25) is 0 Å². The number of amides is 1. The second kappa shape index (κ2) is 5.33. The molecule has 0 unspecified atom stereocenters. The van der Waals surface area contributed by atoms with Gasteiger partial charge >= 0.3 is 6.09 Å². The van der Waals surface area contributed by atoms with Gasteiger partial charge in [0.2, 0.25) is 0 Å². The van der Waals surface area contributed by atoms with Crippen molar-refractivity contribution in [1.82, 2.24) is 0 Å². The first-order chi connectivity index (χ1) is 9.79. The molecule has 0 bridgehead atoms. The zero-order valence-electron chi connectivity index (χ0n) is 12.9. The summed E-state index contributed by atoms with van der Waals surface area (Å²) in [6.45, 7) is 5.45. The highest BCUT2D eigenvalue weighted by Gasteiger charge is 2.42. The molecule has 0 spiro atoms. The van der Waals surface area contributed by atoms with E-state index in [1.807, 2.05) is 32.9 Å². The lowest BCUT2D eigenvalue weighted by molar-refractivity contribution is 0.0635. The van der Waals surface area contributed by atoms with Crippen LogP contribution in [0.1, 0.15) is 39.2 Å². The number of hydrogen-bond acceptors (Lipinski definition) is 3. The van der Waals surface area contributed by atoms with E-state index < -0.39 is 11.7 Å². The number of nitrogens with one attached hydrogen (secondary N) is 1. The average Bonchev–Trinajstić information content (AvgIpc) is 3.18. The molecule has 1 N–H and O–H groups in total. The van der Waals surface area contributed by atoms with E-state index in [0.717, 1.165) is 18.4 Å². The van der Waals surface area contributed by atoms with Crippen molar-refractivity contribution in [3.8, 4) is 18.1 Å². The predicted octanol–water partition coefficient (Wildman–Crippen LogP) is 3.71. The van der Waals surface area contributed by atoms with Crippen LogP contribution < -0.4 is 10.1 Å². The van der Waals surface area contributed by atoms with Gasteiger partial charge in [-0.2, -0.15) is 0 Å². The van der Waals surface area contributed by atoms with Crippen LogP contribution >= 0.6 is 0 Å². The van der Waals surface area contributed by atoms with Crippen molar-refractivity contribution < 1.29 is 14.3 Å². The van der Waals surface area contributed by atoms with Crippen molar-refractivity contribution in [2.45, 2.75) is 44.6 Å². The molecule has 2 rings (SSSR count). The molecule has 21 heavy (non-hydrogen) atoms. The van der Waals surface area contributed by atoms with Crippen LogP contribution in [0.4, 0.5) is 10.5 Å². The quantitative estimate of drug-likeness (QED) is 0.862. The van der Waals surface area contributed by atoms with E-state index in [4.69, 9.17) is 15.9 Å². The fraction of sp³-hybridized carbons (Fsp3) is 0.471. The summed E-state index contributed by atoms with van der Waals surface area (Å²) in [6, 6.07) is 5.62. The molecule has 0 heterocycles. The molecule has 1 fully saturated rings. The Bertz CT molecular complexity index is 589. The molecule has 4 nitrogen and oxygen atoms in total. The topological polar surface area (TPSA) is 47.6 Å². The van der Waals surface area contributed by atoms with E-state index in [-0.39, 0.29) is 5.41 Å². The Morgan fingerprint density at radius 2 is 2.05 bits per heavy atom. The van der Waals surface area contributed by atoms with Gasteiger partial charge in [-0.1, -0.05) is 12.0 Å². The Hall–Kier alpha value is -2.15. The van der Waals surface area contributed by atoms with Crippen LogP contribution in [0.15, 0.2) is 18.2 Å². The van der Waals surface area contributed by atoms with Crippen molar-refractivity contribution in [2.75, 3.05) is 12.4 Å². The van der Waals surface area contributed by atoms with E-state index in [1.165, 1.54) is 0 Å². The van der Waals surface area contributed by atoms with Crippen LogP contribution in [0.5, 0.6) is 5.75 Å². The third-order valence-corrected chi connectivity index (χ3v) is 3.42. The Morgan fingerprint density at radius 1 is 1.38 bits per heavy atom. The summed E-state index contributed by atoms with van der Waals surface area (Å²) in [7, 11) is 1.56. The van der Waals surface area contributed by atoms with Crippen LogP contribution in [0.3, 0.4) is 0 Å². The zero-order chi connectivity index (χ0) is 15.7. The maximum Gasteiger partial charge on any atom is 0.412 e. The van der Waals surface area contributed by atoms with Crippen LogP contribution in [-0.2, 0) is 10.2 Å². The van der Waals surface area contributed by atoms with Crippen LogP contribution in [0, 0.1) is 12.3 Å². The highest BCUT2D eigenvalue weighted by molar-refractivity contribution is 5.87. The van der Waals surface area contributed by atoms with Crippen molar-refractivity contribution in [1.29, 1.82) is 0 Å². The molecule has 1 aromatic carbocycles. The molecule has 1 amide bonds. The summed E-state index contributed by atoms with van der Waals surface area (Å²) < 4.78 is 10.6. The number of hydrogen-bond donors (Lipinski definition) is 1. The van der Waals surface area contributed by atoms with Crippen molar-refractivity contribution in [3.63, 3.8) is 0 Å². The Labute approximate surface area is 125 Å². The smallest absolute Gasteiger partial charge is 0.412 e. The first-order valence-electron chi connectivity index (χ1n) is 6.96. The number of ether oxygens (including phenoxy) is 2. The molecule has 0 radical (unpaired) electrons. The van der Waals surface area contributed by atoms with Gasteiger partial charge in [-0.05, 0) is 51.3 Å². The first-order valence-corrected chi connectivity index (χ1v) is 6.96. The Balaban J connectivity index is 2.18. The number of methoxy groups -OCH3 is 1. The number of carbonyl (C=O) groups excluding carboxylic acids is 1. The first kappa shape index (κ1) is 15.2. The molecule has 1 saturated carbocycles. The van der Waals surface area contributed by atoms with E-state index in [0.29, 0.717) is 11.4 Å². The van der Waals surface area contributed by atoms with Gasteiger partial charge in [-0.3, -0.25) is 5.32 Å². The molecule has 0 saturated heterocycles. The number of benzene rings is 1. The third-order valence-electron chi connectivity index (χ3n) is 3.42. The lowest BCUT2D eigenvalue weighted by Crippen LogP contribution is -2.27. The van der Waals surface area contributed by atoms with Crippen molar-refractivity contribution >= 4 is 11.8 Å². The molecule has 1 aliphatic carbocycles. The summed E-state index contributed by atoms with van der Waals surface area (Å²) in [5, 5.41) is 2.70. The molecule has 0 aliphatic heterocycles. The number of anilines is 1. The summed E-state index contributed by atoms with van der Waals surface area (Å²) in [5.41, 5.74) is 0.927. The third kappa shape index (κ3) is 3.49. The second-order valence-electron chi connectivity index (χ2n) is 6.27. The Kier molecular flexibility index (Phi) is 3.87. The van der Waals surface area contributed by atoms with Gasteiger partial charge in [0.05, 0.1) is 18.2 Å². The van der Waals surface area contributed by atoms with Gasteiger partial charge in [-0.15, -0.1) is 6.42 Å². The maximum absolute atomic E-state index is 11.8. The average molecular weight is 287 g/mol. The van der Waals surface area contributed by atoms with Gasteiger partial charge < -0.3 is 9.47 Å². The van der Waals surface area contributed by atoms with Crippen molar-refractivity contribution in [2.24, 2.45) is 0 Å². The fourth-order valence-electron chi connectivity index (χ4n) is 2.15. The molecule has 112 valence electrons. The lowest BCUT2D eigenvalue weighted by Gasteiger charge is -2.20. The fourth-order valence-corrected chi connectivity index (χ4v) is 2.15. The van der Waals surface area contributed by atoms with E-state index in [9.17, 15) is 4.79 Å². The summed E-state index contributed by atoms with van der Waals surface area (Å²) in [6.07, 6.45) is 7.08. The molecule has 1 aromatic rings. The summed E-state index contributed by atoms with van der Waals surface area (Å²) >= 11 is 0. The molecule has 0 atom stereocenters. The van der Waals surface area contributed by atoms with Gasteiger partial charge in [-0.25, -0.2) is 4.79 Å². The van der Waals surface area contributed by atoms with E-state index >= 15 is 0 Å². The summed E-state index contributed by atoms with van der Waals surface area (Å²) in [5.74, 6) is 3.43. The van der Waals surface area contributed by atoms with Crippen LogP contribution in [0.25, 0.3) is 0 Å². The number of carbonyl (C=O) groups is 1. The minimum absolute atomic E-state index is 0.155. The predicted molar refractivity (Wildman–Crippen MR) is 82.6 cm³/mol. The zero-order valence-corrected chi connectivity index (χ0v) is 12.9. The van der Waals surface area contributed by atoms with E-state index in [2.05, 4.69) is 11.2 Å². The highest BCUT2D eigenvalue weighted by Crippen LogP contribution is 2.48. The summed E-state index contributed by atoms with van der Waals surface area (Å²) in [4.78, 5) is 11.8. The standard InChI is InChI=1S/C17H21NO3/c1-6-17(9-10-17)12-7-8-13(14(11-12)20-5)18-15(19)21-16(2,3)4/h1,7-8,11H,9-10H2,2-5H3,(H,18,19). The highest BCUT2D eigenvalue weighted by atomic mass is 16.6. The van der Waals surface area contributed by atoms with Gasteiger partial charge in [0, 0.05) is 0 Å². The molecule has 1 aliphatic rings. The SMILES string of the molecule is C#CC1(c2ccc(NC(=O)OC(C)(C)C)c(OC)c2)CC1. The van der Waals surface area contributed by atoms with Gasteiger partial charge in [0.15, 0.2) is 0 Å². The molecular weight excluding hydrogens is 266 g/mol. The van der Waals surface area contributed by atoms with Crippen LogP contribution in [-0.4, -0.2) is 18.8 Å². The second-order valence-corrected chi connectivity index (χ2v) is 6.27. The largest absolute Gasteiger partial charge is 0.495 e. The van der Waals surface area contributed by atoms with Gasteiger partial charge in [0.25, 0.3) is 0 Å².